The highest BCUT2D eigenvalue weighted by Crippen LogP contribution is 2.36. The molecule has 0 atom stereocenters. The Balaban J connectivity index is 1.88. The van der Waals surface area contributed by atoms with Gasteiger partial charge in [-0.25, -0.2) is 9.97 Å². The van der Waals surface area contributed by atoms with Gasteiger partial charge in [0.25, 0.3) is 0 Å². The van der Waals surface area contributed by atoms with Crippen molar-refractivity contribution in [3.05, 3.63) is 59.4 Å². The van der Waals surface area contributed by atoms with E-state index in [9.17, 15) is 0 Å². The number of benzene rings is 2. The summed E-state index contributed by atoms with van der Waals surface area (Å²) in [6.07, 6.45) is 1.49. The molecule has 7 heteroatoms. The summed E-state index contributed by atoms with van der Waals surface area (Å²) >= 11 is 7.38. The first-order valence-corrected chi connectivity index (χ1v) is 8.72. The Morgan fingerprint density at radius 1 is 1.12 bits per heavy atom. The van der Waals surface area contributed by atoms with E-state index in [1.165, 1.54) is 18.1 Å². The summed E-state index contributed by atoms with van der Waals surface area (Å²) < 4.78 is 5.39. The number of anilines is 3. The Hall–Kier alpha value is -2.44. The summed E-state index contributed by atoms with van der Waals surface area (Å²) in [5.74, 6) is 1.26. The maximum atomic E-state index is 6.26. The number of rotatable bonds is 5. The van der Waals surface area contributed by atoms with E-state index in [1.807, 2.05) is 49.4 Å². The van der Waals surface area contributed by atoms with Gasteiger partial charge in [-0.1, -0.05) is 29.4 Å². The van der Waals surface area contributed by atoms with Crippen molar-refractivity contribution in [1.82, 2.24) is 9.97 Å². The van der Waals surface area contributed by atoms with Gasteiger partial charge in [0.15, 0.2) is 5.82 Å². The molecule has 0 saturated carbocycles. The van der Waals surface area contributed by atoms with Crippen molar-refractivity contribution in [3.63, 3.8) is 0 Å². The topological polar surface area (TPSA) is 73.1 Å². The summed E-state index contributed by atoms with van der Waals surface area (Å²) in [5.41, 5.74) is 8.65. The van der Waals surface area contributed by atoms with Crippen molar-refractivity contribution in [3.8, 4) is 5.75 Å². The first-order chi connectivity index (χ1) is 12.1. The number of aryl methyl sites for hydroxylation is 1. The average Bonchev–Trinajstić information content (AvgIpc) is 2.60. The van der Waals surface area contributed by atoms with Gasteiger partial charge in [-0.05, 0) is 48.9 Å². The van der Waals surface area contributed by atoms with E-state index in [0.29, 0.717) is 21.6 Å². The molecule has 0 saturated heterocycles. The van der Waals surface area contributed by atoms with Gasteiger partial charge in [-0.2, -0.15) is 0 Å². The zero-order valence-electron chi connectivity index (χ0n) is 13.8. The summed E-state index contributed by atoms with van der Waals surface area (Å²) in [7, 11) is 1.63. The largest absolute Gasteiger partial charge is 0.495 e. The van der Waals surface area contributed by atoms with Crippen molar-refractivity contribution < 1.29 is 4.74 Å². The zero-order chi connectivity index (χ0) is 17.8. The SMILES string of the molecule is COc1ccc(C)cc1Nc1ncnc(Sc2ccc(Cl)cc2)c1N. The highest BCUT2D eigenvalue weighted by Gasteiger charge is 2.12. The highest BCUT2D eigenvalue weighted by molar-refractivity contribution is 7.99. The first-order valence-electron chi connectivity index (χ1n) is 7.52. The quantitative estimate of drug-likeness (QED) is 0.619. The number of aromatic nitrogens is 2. The Morgan fingerprint density at radius 2 is 1.88 bits per heavy atom. The van der Waals surface area contributed by atoms with Gasteiger partial charge in [0.05, 0.1) is 12.8 Å². The van der Waals surface area contributed by atoms with Gasteiger partial charge in [-0.15, -0.1) is 0 Å². The van der Waals surface area contributed by atoms with Gasteiger partial charge < -0.3 is 15.8 Å². The van der Waals surface area contributed by atoms with E-state index in [2.05, 4.69) is 15.3 Å². The van der Waals surface area contributed by atoms with Crippen LogP contribution in [0, 0.1) is 6.92 Å². The van der Waals surface area contributed by atoms with Crippen LogP contribution in [0.3, 0.4) is 0 Å². The Kier molecular flexibility index (Phi) is 5.31. The minimum atomic E-state index is 0.478. The maximum Gasteiger partial charge on any atom is 0.158 e. The van der Waals surface area contributed by atoms with E-state index in [1.54, 1.807) is 7.11 Å². The van der Waals surface area contributed by atoms with Gasteiger partial charge in [0, 0.05) is 9.92 Å². The predicted octanol–water partition coefficient (Wildman–Crippen LogP) is 4.92. The van der Waals surface area contributed by atoms with E-state index < -0.39 is 0 Å². The first kappa shape index (κ1) is 17.4. The molecule has 0 aliphatic carbocycles. The van der Waals surface area contributed by atoms with Crippen LogP contribution in [-0.2, 0) is 0 Å². The van der Waals surface area contributed by atoms with Gasteiger partial charge >= 0.3 is 0 Å². The van der Waals surface area contributed by atoms with Crippen LogP contribution in [-0.4, -0.2) is 17.1 Å². The summed E-state index contributed by atoms with van der Waals surface area (Å²) in [4.78, 5) is 9.53. The fourth-order valence-electron chi connectivity index (χ4n) is 2.22. The van der Waals surface area contributed by atoms with Crippen LogP contribution in [0.15, 0.2) is 58.7 Å². The molecule has 25 heavy (non-hydrogen) atoms. The molecule has 5 nitrogen and oxygen atoms in total. The van der Waals surface area contributed by atoms with Gasteiger partial charge in [-0.3, -0.25) is 0 Å². The Morgan fingerprint density at radius 3 is 2.60 bits per heavy atom. The standard InChI is InChI=1S/C18H17ClN4OS/c1-11-3-8-15(24-2)14(9-11)23-17-16(20)18(22-10-21-17)25-13-6-4-12(19)5-7-13/h3-10H,20H2,1-2H3,(H,21,22,23). The van der Waals surface area contributed by atoms with Crippen molar-refractivity contribution in [2.24, 2.45) is 0 Å². The van der Waals surface area contributed by atoms with Crippen LogP contribution >= 0.6 is 23.4 Å². The number of nitrogens with two attached hydrogens (primary N) is 1. The van der Waals surface area contributed by atoms with Crippen LogP contribution in [0.25, 0.3) is 0 Å². The molecule has 0 fully saturated rings. The molecule has 3 N–H and O–H groups in total. The summed E-state index contributed by atoms with van der Waals surface area (Å²) in [6, 6.07) is 13.4. The molecule has 0 aliphatic rings. The Bertz CT molecular complexity index is 887. The van der Waals surface area contributed by atoms with Crippen molar-refractivity contribution in [2.75, 3.05) is 18.2 Å². The molecular weight excluding hydrogens is 356 g/mol. The molecule has 0 amide bonds. The molecular formula is C18H17ClN4OS. The second-order valence-electron chi connectivity index (χ2n) is 5.33. The van der Waals surface area contributed by atoms with Crippen LogP contribution in [0.5, 0.6) is 5.75 Å². The predicted molar refractivity (Wildman–Crippen MR) is 103 cm³/mol. The van der Waals surface area contributed by atoms with Crippen LogP contribution in [0.1, 0.15) is 5.56 Å². The molecule has 0 spiro atoms. The monoisotopic (exact) mass is 372 g/mol. The van der Waals surface area contributed by atoms with Crippen molar-refractivity contribution >= 4 is 40.6 Å². The molecule has 0 aliphatic heterocycles. The van der Waals surface area contributed by atoms with Gasteiger partial charge in [0.2, 0.25) is 0 Å². The van der Waals surface area contributed by atoms with Crippen LogP contribution in [0.4, 0.5) is 17.2 Å². The van der Waals surface area contributed by atoms with E-state index in [-0.39, 0.29) is 0 Å². The number of hydrogen-bond donors (Lipinski definition) is 2. The number of nitrogens with one attached hydrogen (secondary N) is 1. The van der Waals surface area contributed by atoms with Crippen molar-refractivity contribution in [1.29, 1.82) is 0 Å². The highest BCUT2D eigenvalue weighted by atomic mass is 35.5. The molecule has 2 aromatic carbocycles. The van der Waals surface area contributed by atoms with E-state index in [0.717, 1.165) is 21.9 Å². The normalized spacial score (nSPS) is 10.5. The minimum absolute atomic E-state index is 0.478. The number of ether oxygens (including phenoxy) is 1. The number of nitrogens with zero attached hydrogens (tertiary/aromatic N) is 2. The molecule has 0 bridgehead atoms. The number of methoxy groups -OCH3 is 1. The molecule has 0 radical (unpaired) electrons. The second kappa shape index (κ2) is 7.63. The summed E-state index contributed by atoms with van der Waals surface area (Å²) in [5, 5.41) is 4.59. The zero-order valence-corrected chi connectivity index (χ0v) is 15.4. The average molecular weight is 373 g/mol. The third-order valence-electron chi connectivity index (χ3n) is 3.48. The third kappa shape index (κ3) is 4.15. The maximum absolute atomic E-state index is 6.26. The number of halogens is 1. The van der Waals surface area contributed by atoms with E-state index >= 15 is 0 Å². The van der Waals surface area contributed by atoms with Crippen molar-refractivity contribution in [2.45, 2.75) is 16.8 Å². The molecule has 3 rings (SSSR count). The van der Waals surface area contributed by atoms with E-state index in [4.69, 9.17) is 22.1 Å². The smallest absolute Gasteiger partial charge is 0.158 e. The summed E-state index contributed by atoms with van der Waals surface area (Å²) in [6.45, 7) is 2.01. The minimum Gasteiger partial charge on any atom is -0.495 e. The molecule has 128 valence electrons. The number of hydrogen-bond acceptors (Lipinski definition) is 6. The van der Waals surface area contributed by atoms with Crippen LogP contribution in [0.2, 0.25) is 5.02 Å². The lowest BCUT2D eigenvalue weighted by Crippen LogP contribution is -2.03. The molecule has 0 unspecified atom stereocenters. The lowest BCUT2D eigenvalue weighted by Gasteiger charge is -2.14. The molecule has 1 heterocycles. The fraction of sp³-hybridized carbons (Fsp3) is 0.111. The molecule has 3 aromatic rings. The Labute approximate surface area is 155 Å². The van der Waals surface area contributed by atoms with Gasteiger partial charge in [0.1, 0.15) is 22.8 Å². The van der Waals surface area contributed by atoms with Crippen LogP contribution < -0.4 is 15.8 Å². The number of nitrogen functional groups attached to an aromatic ring is 1. The third-order valence-corrected chi connectivity index (χ3v) is 4.76. The molecule has 1 aromatic heterocycles. The second-order valence-corrected chi connectivity index (χ2v) is 6.82. The lowest BCUT2D eigenvalue weighted by atomic mass is 10.2. The fourth-order valence-corrected chi connectivity index (χ4v) is 3.15. The lowest BCUT2D eigenvalue weighted by molar-refractivity contribution is 0.416.